The van der Waals surface area contributed by atoms with Crippen LogP contribution in [0, 0.1) is 0 Å². The Morgan fingerprint density at radius 2 is 1.74 bits per heavy atom. The maximum absolute atomic E-state index is 13.5. The standard InChI is InChI=1S/C37H36Cl2N8O3/c38-33-25(5-1-7-27(33)42-36-35-23(11-13-40-36)17-22(19-41-35)20-45-16-12-24(48)21-45)26-6-2-8-28(34(26)39)43-37(50)29-18-31-30(9-3-15-47(31)44-29)46-14-4-10-32(46)49/h1-2,5-8,11,13,17-19,24,30,48H,3-4,9-10,12,14-16,20-21H2,(H,40,42)(H,43,50)/t24-,30?/m1/s1. The van der Waals surface area contributed by atoms with Gasteiger partial charge in [-0.15, -0.1) is 0 Å². The van der Waals surface area contributed by atoms with E-state index in [-0.39, 0.29) is 29.7 Å². The third kappa shape index (κ3) is 6.30. The van der Waals surface area contributed by atoms with Crippen LogP contribution in [0.15, 0.2) is 67.0 Å². The molecule has 50 heavy (non-hydrogen) atoms. The van der Waals surface area contributed by atoms with Crippen LogP contribution in [0.5, 0.6) is 0 Å². The number of aliphatic hydroxyl groups excluding tert-OH is 1. The number of hydrogen-bond acceptors (Lipinski definition) is 8. The minimum Gasteiger partial charge on any atom is -0.392 e. The van der Waals surface area contributed by atoms with Crippen LogP contribution in [0.1, 0.15) is 59.9 Å². The number of nitrogens with zero attached hydrogens (tertiary/aromatic N) is 6. The first-order valence-electron chi connectivity index (χ1n) is 17.0. The molecule has 3 aliphatic heterocycles. The molecule has 0 spiro atoms. The van der Waals surface area contributed by atoms with Crippen LogP contribution in [0.25, 0.3) is 22.0 Å². The average molecular weight is 712 g/mol. The molecule has 3 aliphatic rings. The molecule has 0 radical (unpaired) electrons. The summed E-state index contributed by atoms with van der Waals surface area (Å²) in [6.45, 7) is 3.71. The molecule has 1 unspecified atom stereocenters. The van der Waals surface area contributed by atoms with Gasteiger partial charge in [0.1, 0.15) is 5.52 Å². The van der Waals surface area contributed by atoms with Crippen molar-refractivity contribution in [1.82, 2.24) is 29.5 Å². The van der Waals surface area contributed by atoms with Gasteiger partial charge in [-0.05, 0) is 61.6 Å². The van der Waals surface area contributed by atoms with E-state index in [1.54, 1.807) is 18.3 Å². The van der Waals surface area contributed by atoms with E-state index < -0.39 is 0 Å². The summed E-state index contributed by atoms with van der Waals surface area (Å²) >= 11 is 14.0. The molecule has 2 saturated heterocycles. The number of carbonyl (C=O) groups is 2. The number of halogens is 2. The molecule has 0 aliphatic carbocycles. The van der Waals surface area contributed by atoms with Crippen LogP contribution in [0.4, 0.5) is 17.2 Å². The fourth-order valence-corrected chi connectivity index (χ4v) is 7.92. The number of hydrogen-bond donors (Lipinski definition) is 3. The maximum atomic E-state index is 13.5. The summed E-state index contributed by atoms with van der Waals surface area (Å²) in [4.78, 5) is 39.4. The molecule has 8 rings (SSSR count). The van der Waals surface area contributed by atoms with Gasteiger partial charge in [-0.3, -0.25) is 24.2 Å². The third-order valence-corrected chi connectivity index (χ3v) is 10.6. The number of nitrogens with one attached hydrogen (secondary N) is 2. The number of carbonyl (C=O) groups excluding carboxylic acids is 2. The molecule has 6 heterocycles. The second-order valence-electron chi connectivity index (χ2n) is 13.2. The Bertz CT molecular complexity index is 2120. The zero-order chi connectivity index (χ0) is 34.4. The van der Waals surface area contributed by atoms with E-state index in [0.29, 0.717) is 63.4 Å². The summed E-state index contributed by atoms with van der Waals surface area (Å²) in [5, 5.41) is 22.5. The quantitative estimate of drug-likeness (QED) is 0.160. The summed E-state index contributed by atoms with van der Waals surface area (Å²) in [6.07, 6.45) is 7.30. The number of amides is 2. The van der Waals surface area contributed by atoms with Crippen molar-refractivity contribution in [3.8, 4) is 11.1 Å². The molecule has 0 saturated carbocycles. The first-order valence-corrected chi connectivity index (χ1v) is 17.7. The Balaban J connectivity index is 1.02. The number of aryl methyl sites for hydroxylation is 1. The van der Waals surface area contributed by atoms with Gasteiger partial charge >= 0.3 is 0 Å². The maximum Gasteiger partial charge on any atom is 0.276 e. The second kappa shape index (κ2) is 13.6. The highest BCUT2D eigenvalue weighted by Gasteiger charge is 2.34. The van der Waals surface area contributed by atoms with Gasteiger partial charge in [0.25, 0.3) is 5.91 Å². The number of anilines is 3. The minimum atomic E-state index is -0.380. The van der Waals surface area contributed by atoms with Crippen molar-refractivity contribution in [2.75, 3.05) is 30.3 Å². The largest absolute Gasteiger partial charge is 0.392 e. The van der Waals surface area contributed by atoms with Crippen LogP contribution < -0.4 is 10.6 Å². The smallest absolute Gasteiger partial charge is 0.276 e. The van der Waals surface area contributed by atoms with Gasteiger partial charge in [0.05, 0.1) is 39.3 Å². The Kier molecular flexibility index (Phi) is 8.90. The van der Waals surface area contributed by atoms with E-state index in [2.05, 4.69) is 31.7 Å². The summed E-state index contributed by atoms with van der Waals surface area (Å²) < 4.78 is 1.85. The monoisotopic (exact) mass is 710 g/mol. The molecule has 0 bridgehead atoms. The lowest BCUT2D eigenvalue weighted by molar-refractivity contribution is -0.130. The van der Waals surface area contributed by atoms with Gasteiger partial charge in [-0.25, -0.2) is 4.98 Å². The second-order valence-corrected chi connectivity index (χ2v) is 13.9. The highest BCUT2D eigenvalue weighted by Crippen LogP contribution is 2.41. The highest BCUT2D eigenvalue weighted by atomic mass is 35.5. The van der Waals surface area contributed by atoms with Crippen molar-refractivity contribution in [2.45, 2.75) is 57.3 Å². The minimum absolute atomic E-state index is 0.0595. The summed E-state index contributed by atoms with van der Waals surface area (Å²) in [5.41, 5.74) is 5.34. The van der Waals surface area contributed by atoms with Crippen molar-refractivity contribution in [3.63, 3.8) is 0 Å². The van der Waals surface area contributed by atoms with Gasteiger partial charge < -0.3 is 20.6 Å². The van der Waals surface area contributed by atoms with Crippen molar-refractivity contribution >= 4 is 63.1 Å². The predicted octanol–water partition coefficient (Wildman–Crippen LogP) is 6.82. The van der Waals surface area contributed by atoms with Gasteiger partial charge in [0, 0.05) is 68.1 Å². The fraction of sp³-hybridized carbons (Fsp3) is 0.324. The van der Waals surface area contributed by atoms with Crippen molar-refractivity contribution in [2.24, 2.45) is 0 Å². The number of likely N-dealkylation sites (tertiary alicyclic amines) is 2. The molecule has 3 aromatic heterocycles. The number of aromatic nitrogens is 4. The number of rotatable bonds is 8. The topological polar surface area (TPSA) is 129 Å². The number of β-amino-alcohol motifs (C(OH)–C–C–N with tert-alkyl or cyclic N) is 1. The molecule has 2 aromatic carbocycles. The van der Waals surface area contributed by atoms with Crippen LogP contribution in [-0.2, 0) is 17.9 Å². The molecule has 13 heteroatoms. The van der Waals surface area contributed by atoms with E-state index in [1.165, 1.54) is 0 Å². The van der Waals surface area contributed by atoms with Crippen LogP contribution in [-0.4, -0.2) is 72.2 Å². The van der Waals surface area contributed by atoms with Crippen molar-refractivity contribution < 1.29 is 14.7 Å². The summed E-state index contributed by atoms with van der Waals surface area (Å²) in [6, 6.07) is 16.8. The molecule has 256 valence electrons. The Morgan fingerprint density at radius 3 is 2.50 bits per heavy atom. The van der Waals surface area contributed by atoms with E-state index in [0.717, 1.165) is 62.0 Å². The van der Waals surface area contributed by atoms with Crippen molar-refractivity contribution in [3.05, 3.63) is 94.0 Å². The van der Waals surface area contributed by atoms with E-state index in [9.17, 15) is 14.7 Å². The first kappa shape index (κ1) is 32.6. The summed E-state index contributed by atoms with van der Waals surface area (Å²) in [7, 11) is 0. The average Bonchev–Trinajstić information content (AvgIpc) is 3.86. The Labute approximate surface area is 299 Å². The fourth-order valence-electron chi connectivity index (χ4n) is 7.37. The lowest BCUT2D eigenvalue weighted by Gasteiger charge is -2.31. The number of aliphatic hydroxyl groups is 1. The lowest BCUT2D eigenvalue weighted by atomic mass is 10.0. The Hall–Kier alpha value is -4.55. The third-order valence-electron chi connectivity index (χ3n) is 9.82. The molecule has 11 nitrogen and oxygen atoms in total. The normalized spacial score (nSPS) is 19.3. The van der Waals surface area contributed by atoms with Gasteiger partial charge in [-0.2, -0.15) is 5.10 Å². The van der Waals surface area contributed by atoms with Crippen LogP contribution in [0.3, 0.4) is 0 Å². The number of fused-ring (bicyclic) bond motifs is 2. The van der Waals surface area contributed by atoms with E-state index >= 15 is 0 Å². The molecule has 2 amide bonds. The Morgan fingerprint density at radius 1 is 0.940 bits per heavy atom. The summed E-state index contributed by atoms with van der Waals surface area (Å²) in [5.74, 6) is 0.345. The molecule has 5 aromatic rings. The van der Waals surface area contributed by atoms with Gasteiger partial charge in [0.2, 0.25) is 5.91 Å². The van der Waals surface area contributed by atoms with Crippen LogP contribution in [0.2, 0.25) is 10.0 Å². The van der Waals surface area contributed by atoms with Gasteiger partial charge in [0.15, 0.2) is 11.5 Å². The molecule has 3 N–H and O–H groups in total. The van der Waals surface area contributed by atoms with E-state index in [4.69, 9.17) is 28.2 Å². The van der Waals surface area contributed by atoms with Crippen molar-refractivity contribution in [1.29, 1.82) is 0 Å². The van der Waals surface area contributed by atoms with E-state index in [1.807, 2.05) is 52.2 Å². The molecular formula is C37H36Cl2N8O3. The molecule has 2 fully saturated rings. The van der Waals surface area contributed by atoms with Gasteiger partial charge in [-0.1, -0.05) is 47.5 Å². The molecule has 2 atom stereocenters. The number of benzene rings is 2. The first-order chi connectivity index (χ1) is 24.3. The number of pyridine rings is 2. The zero-order valence-electron chi connectivity index (χ0n) is 27.3. The van der Waals surface area contributed by atoms with Crippen LogP contribution >= 0.6 is 23.2 Å². The zero-order valence-corrected chi connectivity index (χ0v) is 28.8. The highest BCUT2D eigenvalue weighted by molar-refractivity contribution is 6.39. The SMILES string of the molecule is O=C(Nc1cccc(-c2cccc(Nc3nccc4cc(CN5CC[C@@H](O)C5)cnc34)c2Cl)c1Cl)c1cc2n(n1)CCCC2N1CCCC1=O. The molecular weight excluding hydrogens is 675 g/mol. The predicted molar refractivity (Wildman–Crippen MR) is 194 cm³/mol. The lowest BCUT2D eigenvalue weighted by Crippen LogP contribution is -2.33.